The molecule has 1 N–H and O–H groups in total. The second-order valence-corrected chi connectivity index (χ2v) is 4.88. The molecule has 7 heteroatoms. The first-order valence-corrected chi connectivity index (χ1v) is 6.86. The van der Waals surface area contributed by atoms with Gasteiger partial charge in [-0.15, -0.1) is 0 Å². The van der Waals surface area contributed by atoms with Crippen molar-refractivity contribution in [3.8, 4) is 0 Å². The number of hydrogen-bond donors (Lipinski definition) is 1. The summed E-state index contributed by atoms with van der Waals surface area (Å²) in [6.45, 7) is 3.39. The number of amides is 1. The molecular weight excluding hydrogens is 272 g/mol. The van der Waals surface area contributed by atoms with Crippen LogP contribution in [0.4, 0.5) is 5.69 Å². The highest BCUT2D eigenvalue weighted by atomic mass is 16.5. The Morgan fingerprint density at radius 1 is 1.43 bits per heavy atom. The van der Waals surface area contributed by atoms with Gasteiger partial charge >= 0.3 is 5.97 Å². The number of ether oxygens (including phenoxy) is 1. The van der Waals surface area contributed by atoms with Crippen molar-refractivity contribution in [2.24, 2.45) is 0 Å². The lowest BCUT2D eigenvalue weighted by Gasteiger charge is -2.29. The lowest BCUT2D eigenvalue weighted by atomic mass is 10.3. The molecule has 7 nitrogen and oxygen atoms in total. The van der Waals surface area contributed by atoms with Gasteiger partial charge in [-0.1, -0.05) is 0 Å². The van der Waals surface area contributed by atoms with Gasteiger partial charge in [-0.3, -0.25) is 4.79 Å². The Bertz CT molecular complexity index is 515. The number of carbonyl (C=O) groups is 2. The molecule has 0 saturated carbocycles. The topological polar surface area (TPSA) is 74.8 Å². The van der Waals surface area contributed by atoms with Crippen molar-refractivity contribution in [3.63, 3.8) is 0 Å². The molecule has 0 radical (unpaired) electrons. The number of nitrogens with one attached hydrogen (secondary N) is 1. The number of rotatable bonds is 4. The quantitative estimate of drug-likeness (QED) is 0.771. The minimum absolute atomic E-state index is 0.0791. The van der Waals surface area contributed by atoms with Crippen molar-refractivity contribution >= 4 is 17.6 Å². The first-order chi connectivity index (χ1) is 10.1. The third-order valence-corrected chi connectivity index (χ3v) is 3.42. The second-order valence-electron chi connectivity index (χ2n) is 4.88. The van der Waals surface area contributed by atoms with E-state index in [0.717, 1.165) is 31.9 Å². The van der Waals surface area contributed by atoms with Crippen LogP contribution in [0, 0.1) is 0 Å². The van der Waals surface area contributed by atoms with E-state index >= 15 is 0 Å². The highest BCUT2D eigenvalue weighted by molar-refractivity contribution is 5.88. The van der Waals surface area contributed by atoms with E-state index in [9.17, 15) is 9.59 Å². The third kappa shape index (κ3) is 3.91. The molecule has 1 saturated heterocycles. The zero-order valence-electron chi connectivity index (χ0n) is 12.3. The van der Waals surface area contributed by atoms with Crippen LogP contribution in [0.25, 0.3) is 0 Å². The fourth-order valence-electron chi connectivity index (χ4n) is 2.18. The molecule has 0 unspecified atom stereocenters. The van der Waals surface area contributed by atoms with Crippen molar-refractivity contribution in [2.75, 3.05) is 51.8 Å². The van der Waals surface area contributed by atoms with Gasteiger partial charge in [0.1, 0.15) is 5.69 Å². The van der Waals surface area contributed by atoms with E-state index in [1.807, 2.05) is 11.9 Å². The van der Waals surface area contributed by atoms with Gasteiger partial charge in [-0.05, 0) is 12.1 Å². The maximum atomic E-state index is 12.2. The fourth-order valence-corrected chi connectivity index (χ4v) is 2.18. The summed E-state index contributed by atoms with van der Waals surface area (Å²) in [5.41, 5.74) is 0.991. The summed E-state index contributed by atoms with van der Waals surface area (Å²) in [7, 11) is 3.13. The first-order valence-electron chi connectivity index (χ1n) is 6.86. The summed E-state index contributed by atoms with van der Waals surface area (Å²) in [5, 5.41) is 3.21. The maximum absolute atomic E-state index is 12.2. The molecule has 2 rings (SSSR count). The van der Waals surface area contributed by atoms with Crippen LogP contribution >= 0.6 is 0 Å². The van der Waals surface area contributed by atoms with E-state index in [2.05, 4.69) is 15.0 Å². The van der Waals surface area contributed by atoms with Gasteiger partial charge in [0.25, 0.3) is 0 Å². The number of anilines is 1. The number of piperazine rings is 1. The molecule has 0 aliphatic carbocycles. The molecule has 0 spiro atoms. The van der Waals surface area contributed by atoms with Crippen molar-refractivity contribution in [2.45, 2.75) is 0 Å². The van der Waals surface area contributed by atoms with Crippen LogP contribution < -0.4 is 10.2 Å². The van der Waals surface area contributed by atoms with Crippen LogP contribution in [-0.2, 0) is 9.53 Å². The van der Waals surface area contributed by atoms with Crippen molar-refractivity contribution in [1.29, 1.82) is 0 Å². The molecule has 0 aromatic carbocycles. The molecule has 1 amide bonds. The highest BCUT2D eigenvalue weighted by Gasteiger charge is 2.18. The predicted octanol–water partition coefficient (Wildman–Crippen LogP) is -0.264. The van der Waals surface area contributed by atoms with E-state index in [0.29, 0.717) is 0 Å². The number of likely N-dealkylation sites (N-methyl/N-ethyl adjacent to an activating group) is 1. The average molecular weight is 292 g/mol. The minimum Gasteiger partial charge on any atom is -0.464 e. The van der Waals surface area contributed by atoms with Crippen LogP contribution in [0.3, 0.4) is 0 Å². The summed E-state index contributed by atoms with van der Waals surface area (Å²) in [6, 6.07) is 3.38. The molecule has 114 valence electrons. The number of aromatic nitrogens is 1. The van der Waals surface area contributed by atoms with E-state index in [1.165, 1.54) is 13.3 Å². The number of methoxy groups -OCH3 is 1. The van der Waals surface area contributed by atoms with Crippen molar-refractivity contribution < 1.29 is 14.3 Å². The van der Waals surface area contributed by atoms with Crippen LogP contribution in [0.1, 0.15) is 10.5 Å². The van der Waals surface area contributed by atoms with E-state index in [1.54, 1.807) is 17.0 Å². The Morgan fingerprint density at radius 2 is 2.14 bits per heavy atom. The van der Waals surface area contributed by atoms with E-state index in [-0.39, 0.29) is 18.1 Å². The Kier molecular flexibility index (Phi) is 5.10. The number of carbonyl (C=O) groups excluding carboxylic acids is 2. The predicted molar refractivity (Wildman–Crippen MR) is 78.3 cm³/mol. The lowest BCUT2D eigenvalue weighted by Crippen LogP contribution is -2.49. The molecule has 1 aliphatic heterocycles. The van der Waals surface area contributed by atoms with Crippen molar-refractivity contribution in [1.82, 2.24) is 15.2 Å². The second kappa shape index (κ2) is 7.03. The minimum atomic E-state index is -0.487. The molecule has 0 bridgehead atoms. The van der Waals surface area contributed by atoms with Crippen LogP contribution in [0.5, 0.6) is 0 Å². The summed E-state index contributed by atoms with van der Waals surface area (Å²) >= 11 is 0. The monoisotopic (exact) mass is 292 g/mol. The van der Waals surface area contributed by atoms with Gasteiger partial charge in [-0.25, -0.2) is 9.78 Å². The average Bonchev–Trinajstić information content (AvgIpc) is 2.55. The third-order valence-electron chi connectivity index (χ3n) is 3.42. The van der Waals surface area contributed by atoms with Gasteiger partial charge in [0.15, 0.2) is 0 Å². The largest absolute Gasteiger partial charge is 0.464 e. The first kappa shape index (κ1) is 15.2. The highest BCUT2D eigenvalue weighted by Crippen LogP contribution is 2.13. The lowest BCUT2D eigenvalue weighted by molar-refractivity contribution is -0.130. The Balaban J connectivity index is 2.00. The van der Waals surface area contributed by atoms with E-state index < -0.39 is 5.97 Å². The molecule has 1 fully saturated rings. The maximum Gasteiger partial charge on any atom is 0.356 e. The Hall–Kier alpha value is -2.15. The van der Waals surface area contributed by atoms with Crippen LogP contribution in [0.2, 0.25) is 0 Å². The van der Waals surface area contributed by atoms with E-state index in [4.69, 9.17) is 0 Å². The SMILES string of the molecule is COC(=O)c1cc(N(C)CC(=O)N2CCNCC2)ccn1. The van der Waals surface area contributed by atoms with Crippen LogP contribution in [-0.4, -0.2) is 68.6 Å². The van der Waals surface area contributed by atoms with Gasteiger partial charge in [0, 0.05) is 45.1 Å². The molecule has 21 heavy (non-hydrogen) atoms. The van der Waals surface area contributed by atoms with Crippen LogP contribution in [0.15, 0.2) is 18.3 Å². The number of pyridine rings is 1. The smallest absolute Gasteiger partial charge is 0.356 e. The fraction of sp³-hybridized carbons (Fsp3) is 0.500. The summed E-state index contributed by atoms with van der Waals surface area (Å²) in [5.74, 6) is -0.408. The Labute approximate surface area is 123 Å². The molecule has 2 heterocycles. The molecule has 1 aromatic heterocycles. The zero-order valence-corrected chi connectivity index (χ0v) is 12.3. The van der Waals surface area contributed by atoms with Gasteiger partial charge in [0.2, 0.25) is 5.91 Å². The zero-order chi connectivity index (χ0) is 15.2. The van der Waals surface area contributed by atoms with Gasteiger partial charge in [0.05, 0.1) is 13.7 Å². The molecule has 1 aliphatic rings. The number of esters is 1. The summed E-state index contributed by atoms with van der Waals surface area (Å²) < 4.78 is 4.65. The Morgan fingerprint density at radius 3 is 2.81 bits per heavy atom. The van der Waals surface area contributed by atoms with Gasteiger partial charge in [-0.2, -0.15) is 0 Å². The summed E-state index contributed by atoms with van der Waals surface area (Å²) in [4.78, 5) is 31.3. The number of nitrogens with zero attached hydrogens (tertiary/aromatic N) is 3. The standard InChI is InChI=1S/C14H20N4O3/c1-17(10-13(19)18-7-5-15-6-8-18)11-3-4-16-12(9-11)14(20)21-2/h3-4,9,15H,5-8,10H2,1-2H3. The van der Waals surface area contributed by atoms with Crippen molar-refractivity contribution in [3.05, 3.63) is 24.0 Å². The molecule has 0 atom stereocenters. The normalized spacial score (nSPS) is 14.7. The number of hydrogen-bond acceptors (Lipinski definition) is 6. The molecular formula is C14H20N4O3. The molecule has 1 aromatic rings. The van der Waals surface area contributed by atoms with Gasteiger partial charge < -0.3 is 19.9 Å². The summed E-state index contributed by atoms with van der Waals surface area (Å²) in [6.07, 6.45) is 1.54.